The van der Waals surface area contributed by atoms with Crippen molar-refractivity contribution >= 4 is 11.7 Å². The van der Waals surface area contributed by atoms with Gasteiger partial charge in [-0.2, -0.15) is 10.4 Å². The quantitative estimate of drug-likeness (QED) is 0.732. The molecule has 0 aliphatic carbocycles. The zero-order chi connectivity index (χ0) is 18.5. The van der Waals surface area contributed by atoms with E-state index in [2.05, 4.69) is 10.4 Å². The number of amides is 1. The summed E-state index contributed by atoms with van der Waals surface area (Å²) in [7, 11) is 3.21. The number of anilines is 1. The minimum absolute atomic E-state index is 0.110. The van der Waals surface area contributed by atoms with E-state index in [1.165, 1.54) is 10.9 Å². The zero-order valence-corrected chi connectivity index (χ0v) is 14.2. The third kappa shape index (κ3) is 3.67. The van der Waals surface area contributed by atoms with Crippen molar-refractivity contribution in [3.8, 4) is 17.6 Å². The Morgan fingerprint density at radius 1 is 1.35 bits per heavy atom. The van der Waals surface area contributed by atoms with Gasteiger partial charge >= 0.3 is 0 Å². The van der Waals surface area contributed by atoms with Crippen LogP contribution in [0.15, 0.2) is 47.0 Å². The first kappa shape index (κ1) is 17.1. The largest absolute Gasteiger partial charge is 0.497 e. The van der Waals surface area contributed by atoms with Gasteiger partial charge in [-0.25, -0.2) is 0 Å². The number of carbonyl (C=O) groups excluding carboxylic acids is 1. The summed E-state index contributed by atoms with van der Waals surface area (Å²) >= 11 is 0. The van der Waals surface area contributed by atoms with Crippen LogP contribution < -0.4 is 14.8 Å². The number of rotatable bonds is 6. The SMILES string of the molecule is COc1cccc(OCc2ccc(C(=O)Nc3c(C#N)cnn3C)o2)c1. The summed E-state index contributed by atoms with van der Waals surface area (Å²) in [4.78, 5) is 12.3. The molecule has 0 radical (unpaired) electrons. The Bertz CT molecular complexity index is 968. The van der Waals surface area contributed by atoms with Gasteiger partial charge in [0.15, 0.2) is 5.76 Å². The molecule has 8 heteroatoms. The summed E-state index contributed by atoms with van der Waals surface area (Å²) in [5.41, 5.74) is 0.272. The van der Waals surface area contributed by atoms with Crippen molar-refractivity contribution in [2.45, 2.75) is 6.61 Å². The van der Waals surface area contributed by atoms with E-state index in [-0.39, 0.29) is 17.9 Å². The summed E-state index contributed by atoms with van der Waals surface area (Å²) in [6.07, 6.45) is 1.38. The van der Waals surface area contributed by atoms with Crippen LogP contribution in [-0.2, 0) is 13.7 Å². The lowest BCUT2D eigenvalue weighted by Gasteiger charge is -2.06. The molecule has 0 unspecified atom stereocenters. The Hall–Kier alpha value is -3.73. The van der Waals surface area contributed by atoms with Gasteiger partial charge in [-0.15, -0.1) is 0 Å². The Kier molecular flexibility index (Phi) is 4.90. The number of nitriles is 1. The Balaban J connectivity index is 1.64. The molecule has 1 N–H and O–H groups in total. The number of benzene rings is 1. The highest BCUT2D eigenvalue weighted by molar-refractivity contribution is 6.02. The molecule has 0 saturated heterocycles. The topological polar surface area (TPSA) is 102 Å². The van der Waals surface area contributed by atoms with Crippen LogP contribution in [-0.4, -0.2) is 22.8 Å². The smallest absolute Gasteiger partial charge is 0.292 e. The molecule has 2 aromatic heterocycles. The summed E-state index contributed by atoms with van der Waals surface area (Å²) < 4.78 is 17.7. The number of aromatic nitrogens is 2. The van der Waals surface area contributed by atoms with Crippen LogP contribution in [0.1, 0.15) is 21.9 Å². The van der Waals surface area contributed by atoms with Gasteiger partial charge in [0.05, 0.1) is 13.3 Å². The monoisotopic (exact) mass is 352 g/mol. The number of hydrogen-bond acceptors (Lipinski definition) is 6. The van der Waals surface area contributed by atoms with Crippen molar-refractivity contribution in [2.75, 3.05) is 12.4 Å². The van der Waals surface area contributed by atoms with Gasteiger partial charge in [0.2, 0.25) is 0 Å². The van der Waals surface area contributed by atoms with Crippen molar-refractivity contribution in [3.63, 3.8) is 0 Å². The van der Waals surface area contributed by atoms with E-state index in [1.807, 2.05) is 18.2 Å². The number of nitrogens with zero attached hydrogens (tertiary/aromatic N) is 3. The fraction of sp³-hybridized carbons (Fsp3) is 0.167. The number of aryl methyl sites for hydroxylation is 1. The molecule has 3 aromatic rings. The third-order valence-corrected chi connectivity index (χ3v) is 3.60. The van der Waals surface area contributed by atoms with Crippen LogP contribution in [0.2, 0.25) is 0 Å². The highest BCUT2D eigenvalue weighted by Gasteiger charge is 2.16. The Morgan fingerprint density at radius 3 is 2.92 bits per heavy atom. The second kappa shape index (κ2) is 7.44. The van der Waals surface area contributed by atoms with E-state index < -0.39 is 5.91 Å². The fourth-order valence-corrected chi connectivity index (χ4v) is 2.26. The van der Waals surface area contributed by atoms with Crippen molar-refractivity contribution in [1.29, 1.82) is 5.26 Å². The van der Waals surface area contributed by atoms with Crippen LogP contribution >= 0.6 is 0 Å². The molecule has 0 aliphatic rings. The number of hydrogen-bond donors (Lipinski definition) is 1. The minimum Gasteiger partial charge on any atom is -0.497 e. The molecular weight excluding hydrogens is 336 g/mol. The summed E-state index contributed by atoms with van der Waals surface area (Å²) in [5, 5.41) is 15.6. The molecule has 1 amide bonds. The first-order chi connectivity index (χ1) is 12.6. The highest BCUT2D eigenvalue weighted by atomic mass is 16.5. The van der Waals surface area contributed by atoms with Crippen LogP contribution in [0.4, 0.5) is 5.82 Å². The lowest BCUT2D eigenvalue weighted by atomic mass is 10.3. The fourth-order valence-electron chi connectivity index (χ4n) is 2.26. The van der Waals surface area contributed by atoms with E-state index in [0.717, 1.165) is 0 Å². The minimum atomic E-state index is -0.474. The average Bonchev–Trinajstić information content (AvgIpc) is 3.27. The van der Waals surface area contributed by atoms with E-state index in [1.54, 1.807) is 38.4 Å². The molecular formula is C18H16N4O4. The molecule has 1 aromatic carbocycles. The number of ether oxygens (including phenoxy) is 2. The molecule has 0 aliphatic heterocycles. The Labute approximate surface area is 149 Å². The normalized spacial score (nSPS) is 10.2. The van der Waals surface area contributed by atoms with Crippen molar-refractivity contribution in [1.82, 2.24) is 9.78 Å². The molecule has 0 atom stereocenters. The zero-order valence-electron chi connectivity index (χ0n) is 14.2. The third-order valence-electron chi connectivity index (χ3n) is 3.60. The maximum atomic E-state index is 12.3. The van der Waals surface area contributed by atoms with E-state index in [9.17, 15) is 4.79 Å². The van der Waals surface area contributed by atoms with Crippen molar-refractivity contribution in [3.05, 3.63) is 59.7 Å². The van der Waals surface area contributed by atoms with E-state index in [0.29, 0.717) is 23.1 Å². The lowest BCUT2D eigenvalue weighted by molar-refractivity contribution is 0.0991. The van der Waals surface area contributed by atoms with Gasteiger partial charge in [-0.05, 0) is 24.3 Å². The number of methoxy groups -OCH3 is 1. The maximum absolute atomic E-state index is 12.3. The summed E-state index contributed by atoms with van der Waals surface area (Å²) in [5.74, 6) is 1.75. The lowest BCUT2D eigenvalue weighted by Crippen LogP contribution is -2.14. The molecule has 3 rings (SSSR count). The molecule has 2 heterocycles. The first-order valence-corrected chi connectivity index (χ1v) is 7.69. The van der Waals surface area contributed by atoms with Gasteiger partial charge in [-0.1, -0.05) is 6.07 Å². The van der Waals surface area contributed by atoms with Gasteiger partial charge in [0.1, 0.15) is 41.3 Å². The average molecular weight is 352 g/mol. The van der Waals surface area contributed by atoms with Gasteiger partial charge < -0.3 is 19.2 Å². The summed E-state index contributed by atoms with van der Waals surface area (Å²) in [6.45, 7) is 0.162. The number of nitrogens with one attached hydrogen (secondary N) is 1. The predicted molar refractivity (Wildman–Crippen MR) is 91.9 cm³/mol. The van der Waals surface area contributed by atoms with Crippen molar-refractivity contribution < 1.29 is 18.7 Å². The first-order valence-electron chi connectivity index (χ1n) is 7.69. The van der Waals surface area contributed by atoms with E-state index >= 15 is 0 Å². The highest BCUT2D eigenvalue weighted by Crippen LogP contribution is 2.21. The van der Waals surface area contributed by atoms with Gasteiger partial charge in [0, 0.05) is 13.1 Å². The molecule has 0 spiro atoms. The molecule has 8 nitrogen and oxygen atoms in total. The van der Waals surface area contributed by atoms with Crippen LogP contribution in [0.5, 0.6) is 11.5 Å². The van der Waals surface area contributed by atoms with Crippen LogP contribution in [0, 0.1) is 11.3 Å². The van der Waals surface area contributed by atoms with Crippen molar-refractivity contribution in [2.24, 2.45) is 7.05 Å². The number of furan rings is 1. The second-order valence-corrected chi connectivity index (χ2v) is 5.33. The molecule has 132 valence electrons. The van der Waals surface area contributed by atoms with Crippen LogP contribution in [0.3, 0.4) is 0 Å². The number of carbonyl (C=O) groups is 1. The predicted octanol–water partition coefficient (Wildman–Crippen LogP) is 2.72. The molecule has 0 bridgehead atoms. The van der Waals surface area contributed by atoms with Gasteiger partial charge in [-0.3, -0.25) is 9.48 Å². The van der Waals surface area contributed by atoms with E-state index in [4.69, 9.17) is 19.2 Å². The maximum Gasteiger partial charge on any atom is 0.292 e. The Morgan fingerprint density at radius 2 is 2.15 bits per heavy atom. The molecule has 0 fully saturated rings. The second-order valence-electron chi connectivity index (χ2n) is 5.33. The standard InChI is InChI=1S/C18H16N4O4/c1-22-17(12(9-19)10-20-22)21-18(23)16-7-6-15(26-16)11-25-14-5-3-4-13(8-14)24-2/h3-8,10H,11H2,1-2H3,(H,21,23). The van der Waals surface area contributed by atoms with Gasteiger partial charge in [0.25, 0.3) is 5.91 Å². The van der Waals surface area contributed by atoms with Crippen LogP contribution in [0.25, 0.3) is 0 Å². The molecule has 26 heavy (non-hydrogen) atoms. The summed E-state index contributed by atoms with van der Waals surface area (Å²) in [6, 6.07) is 12.3. The molecule has 0 saturated carbocycles.